The van der Waals surface area contributed by atoms with Crippen molar-refractivity contribution < 1.29 is 39.3 Å². The van der Waals surface area contributed by atoms with Crippen molar-refractivity contribution in [3.05, 3.63) is 29.3 Å². The number of hydrogen-bond donors (Lipinski definition) is 4. The number of amides is 1. The molecule has 1 aromatic carbocycles. The Morgan fingerprint density at radius 2 is 1.73 bits per heavy atom. The first kappa shape index (κ1) is 28.6. The summed E-state index contributed by atoms with van der Waals surface area (Å²) < 4.78 is 0. The lowest BCUT2D eigenvalue weighted by Crippen LogP contribution is -2.78. The summed E-state index contributed by atoms with van der Waals surface area (Å²) in [4.78, 5) is 70.8. The average Bonchev–Trinajstić information content (AvgIpc) is 2.91. The highest BCUT2D eigenvalue weighted by atomic mass is 16.3. The number of phenolic OH excluding ortho intramolecular Hbond substituents is 1. The van der Waals surface area contributed by atoms with Crippen LogP contribution >= 0.6 is 0 Å². The molecule has 10 heteroatoms. The molecule has 4 N–H and O–H groups in total. The van der Waals surface area contributed by atoms with Gasteiger partial charge < -0.3 is 20.6 Å². The van der Waals surface area contributed by atoms with Crippen molar-refractivity contribution in [2.24, 2.45) is 23.7 Å². The Hall–Kier alpha value is -2.95. The molecule has 0 saturated heterocycles. The third kappa shape index (κ3) is 3.83. The lowest BCUT2D eigenvalue weighted by molar-refractivity contribution is -0.197. The molecule has 3 fully saturated rings. The van der Waals surface area contributed by atoms with E-state index in [0.29, 0.717) is 24.8 Å². The molecule has 8 atom stereocenters. The Balaban J connectivity index is 1.61. The van der Waals surface area contributed by atoms with E-state index >= 15 is 0 Å². The van der Waals surface area contributed by atoms with Crippen LogP contribution < -0.4 is 5.32 Å². The van der Waals surface area contributed by atoms with E-state index in [2.05, 4.69) is 5.32 Å². The minimum atomic E-state index is -2.95. The van der Waals surface area contributed by atoms with Gasteiger partial charge in [-0.05, 0) is 50.9 Å². The van der Waals surface area contributed by atoms with Gasteiger partial charge in [0.05, 0.1) is 29.5 Å². The SMILES string of the molecule is CCC1(NC(=O)C2C(=O)C(N(C)C)[C@@H]3[C@@H](O)[C@H]4C(C(=O)c5c(O)cccc5[C@@H]4C)C(=O)[C@]3(O)C2=O)CCCCC1. The highest BCUT2D eigenvalue weighted by Crippen LogP contribution is 2.54. The number of fused-ring (bicyclic) bond motifs is 3. The fourth-order valence-corrected chi connectivity index (χ4v) is 8.06. The first-order valence-electron chi connectivity index (χ1n) is 14.2. The van der Waals surface area contributed by atoms with E-state index in [9.17, 15) is 39.3 Å². The van der Waals surface area contributed by atoms with E-state index in [1.807, 2.05) is 6.92 Å². The van der Waals surface area contributed by atoms with Gasteiger partial charge in [-0.1, -0.05) is 45.2 Å². The van der Waals surface area contributed by atoms with Crippen molar-refractivity contribution in [3.8, 4) is 5.75 Å². The summed E-state index contributed by atoms with van der Waals surface area (Å²) in [6.07, 6.45) is 3.14. The molecule has 0 aromatic heterocycles. The zero-order chi connectivity index (χ0) is 29.3. The fraction of sp³-hybridized carbons (Fsp3) is 0.633. The summed E-state index contributed by atoms with van der Waals surface area (Å²) in [6.45, 7) is 3.62. The third-order valence-corrected chi connectivity index (χ3v) is 10.2. The smallest absolute Gasteiger partial charge is 0.238 e. The van der Waals surface area contributed by atoms with Crippen molar-refractivity contribution in [1.29, 1.82) is 0 Å². The number of nitrogens with one attached hydrogen (secondary N) is 1. The Bertz CT molecular complexity index is 1280. The first-order chi connectivity index (χ1) is 18.8. The molecule has 216 valence electrons. The molecule has 3 unspecified atom stereocenters. The molecular formula is C30H38N2O8. The average molecular weight is 555 g/mol. The molecule has 0 aliphatic heterocycles. The minimum absolute atomic E-state index is 0.0844. The maximum absolute atomic E-state index is 14.2. The van der Waals surface area contributed by atoms with Gasteiger partial charge in [0.25, 0.3) is 0 Å². The van der Waals surface area contributed by atoms with Gasteiger partial charge in [-0.2, -0.15) is 0 Å². The van der Waals surface area contributed by atoms with Crippen LogP contribution in [0.4, 0.5) is 0 Å². The number of phenols is 1. The number of carbonyl (C=O) groups is 5. The molecule has 10 nitrogen and oxygen atoms in total. The van der Waals surface area contributed by atoms with Crippen molar-refractivity contribution in [3.63, 3.8) is 0 Å². The molecular weight excluding hydrogens is 516 g/mol. The molecule has 4 aliphatic rings. The van der Waals surface area contributed by atoms with Crippen LogP contribution in [-0.2, 0) is 19.2 Å². The number of aliphatic hydroxyl groups excluding tert-OH is 1. The monoisotopic (exact) mass is 554 g/mol. The number of benzene rings is 1. The summed E-state index contributed by atoms with van der Waals surface area (Å²) in [5, 5.41) is 37.1. The van der Waals surface area contributed by atoms with E-state index in [1.165, 1.54) is 25.1 Å². The number of ketones is 4. The van der Waals surface area contributed by atoms with Gasteiger partial charge in [0.2, 0.25) is 5.91 Å². The van der Waals surface area contributed by atoms with Gasteiger partial charge >= 0.3 is 0 Å². The van der Waals surface area contributed by atoms with Gasteiger partial charge in [0.1, 0.15) is 5.75 Å². The van der Waals surface area contributed by atoms with E-state index in [1.54, 1.807) is 19.1 Å². The zero-order valence-electron chi connectivity index (χ0n) is 23.3. The van der Waals surface area contributed by atoms with Gasteiger partial charge in [0, 0.05) is 11.5 Å². The number of hydrogen-bond acceptors (Lipinski definition) is 9. The van der Waals surface area contributed by atoms with Crippen LogP contribution in [-0.4, -0.2) is 86.6 Å². The lowest BCUT2D eigenvalue weighted by Gasteiger charge is -2.56. The highest BCUT2D eigenvalue weighted by molar-refractivity contribution is 6.32. The van der Waals surface area contributed by atoms with Crippen LogP contribution in [0.3, 0.4) is 0 Å². The van der Waals surface area contributed by atoms with E-state index in [0.717, 1.165) is 19.3 Å². The van der Waals surface area contributed by atoms with Crippen molar-refractivity contribution in [1.82, 2.24) is 10.2 Å². The predicted octanol–water partition coefficient (Wildman–Crippen LogP) is 1.14. The second-order valence-corrected chi connectivity index (χ2v) is 12.4. The maximum Gasteiger partial charge on any atom is 0.238 e. The van der Waals surface area contributed by atoms with Crippen LogP contribution in [0, 0.1) is 23.7 Å². The number of Topliss-reactive ketones (excluding diaryl/α,β-unsaturated/α-hetero) is 4. The van der Waals surface area contributed by atoms with Gasteiger partial charge in [0.15, 0.2) is 34.7 Å². The van der Waals surface area contributed by atoms with Crippen LogP contribution in [0.5, 0.6) is 5.75 Å². The van der Waals surface area contributed by atoms with Crippen molar-refractivity contribution in [2.75, 3.05) is 14.1 Å². The molecule has 1 aromatic rings. The largest absolute Gasteiger partial charge is 0.507 e. The molecule has 4 aliphatic carbocycles. The molecule has 5 rings (SSSR count). The Kier molecular flexibility index (Phi) is 7.04. The summed E-state index contributed by atoms with van der Waals surface area (Å²) in [7, 11) is 3.04. The van der Waals surface area contributed by atoms with Crippen molar-refractivity contribution >= 4 is 29.0 Å². The molecule has 0 heterocycles. The van der Waals surface area contributed by atoms with Crippen molar-refractivity contribution in [2.45, 2.75) is 81.6 Å². The van der Waals surface area contributed by atoms with E-state index in [4.69, 9.17) is 0 Å². The number of aromatic hydroxyl groups is 1. The Labute approximate surface area is 233 Å². The van der Waals surface area contributed by atoms with Gasteiger partial charge in [-0.15, -0.1) is 0 Å². The maximum atomic E-state index is 14.2. The van der Waals surface area contributed by atoms with Gasteiger partial charge in [-0.25, -0.2) is 0 Å². The second kappa shape index (κ2) is 9.85. The second-order valence-electron chi connectivity index (χ2n) is 12.4. The molecule has 40 heavy (non-hydrogen) atoms. The third-order valence-electron chi connectivity index (χ3n) is 10.2. The molecule has 0 radical (unpaired) electrons. The summed E-state index contributed by atoms with van der Waals surface area (Å²) in [6, 6.07) is 3.16. The normalized spacial score (nSPS) is 37.0. The van der Waals surface area contributed by atoms with Crippen LogP contribution in [0.15, 0.2) is 18.2 Å². The number of aliphatic hydroxyl groups is 2. The van der Waals surface area contributed by atoms with Gasteiger partial charge in [-0.3, -0.25) is 28.9 Å². The number of likely N-dealkylation sites (N-methyl/N-ethyl adjacent to an activating group) is 1. The van der Waals surface area contributed by atoms with Crippen LogP contribution in [0.1, 0.15) is 74.2 Å². The lowest BCUT2D eigenvalue weighted by atomic mass is 9.49. The zero-order valence-corrected chi connectivity index (χ0v) is 23.3. The number of nitrogens with zero attached hydrogens (tertiary/aromatic N) is 1. The van der Waals surface area contributed by atoms with E-state index < -0.39 is 81.9 Å². The Morgan fingerprint density at radius 1 is 1.07 bits per heavy atom. The molecule has 0 spiro atoms. The summed E-state index contributed by atoms with van der Waals surface area (Å²) in [5.41, 5.74) is -3.19. The first-order valence-corrected chi connectivity index (χ1v) is 14.2. The van der Waals surface area contributed by atoms with Crippen LogP contribution in [0.2, 0.25) is 0 Å². The summed E-state index contributed by atoms with van der Waals surface area (Å²) in [5.74, 6) is -12.1. The quantitative estimate of drug-likeness (QED) is 0.400. The molecule has 0 bridgehead atoms. The Morgan fingerprint density at radius 3 is 2.33 bits per heavy atom. The number of rotatable bonds is 4. The van der Waals surface area contributed by atoms with Crippen LogP contribution in [0.25, 0.3) is 0 Å². The topological polar surface area (TPSA) is 161 Å². The number of carbonyl (C=O) groups excluding carboxylic acids is 5. The standard InChI is InChI=1S/C30H38N2O8/c1-5-29(12-7-6-8-13-29)31-28(39)20-25(36)22(32(3)4)21-24(35)17-14(2)15-10-9-11-16(33)18(15)23(34)19(17)26(37)30(21,40)27(20)38/h9-11,14,17,19-22,24,33,35,40H,5-8,12-13H2,1-4H3,(H,31,39)/t14-,17+,19?,20?,21+,22?,24-,30-/m0/s1. The predicted molar refractivity (Wildman–Crippen MR) is 143 cm³/mol. The highest BCUT2D eigenvalue weighted by Gasteiger charge is 2.73. The fourth-order valence-electron chi connectivity index (χ4n) is 8.06. The minimum Gasteiger partial charge on any atom is -0.507 e. The summed E-state index contributed by atoms with van der Waals surface area (Å²) >= 11 is 0. The van der Waals surface area contributed by atoms with E-state index in [-0.39, 0.29) is 11.3 Å². The molecule has 3 saturated carbocycles. The molecule has 1 amide bonds.